The van der Waals surface area contributed by atoms with Gasteiger partial charge in [-0.2, -0.15) is 10.4 Å². The number of fused-ring (bicyclic) bond motifs is 3. The van der Waals surface area contributed by atoms with Gasteiger partial charge < -0.3 is 5.32 Å². The number of amides is 1. The van der Waals surface area contributed by atoms with Crippen molar-refractivity contribution in [2.45, 2.75) is 17.2 Å². The highest BCUT2D eigenvalue weighted by atomic mass is 35.5. The molecule has 1 unspecified atom stereocenters. The summed E-state index contributed by atoms with van der Waals surface area (Å²) < 4.78 is 1.68. The second-order valence-electron chi connectivity index (χ2n) is 7.98. The van der Waals surface area contributed by atoms with E-state index in [2.05, 4.69) is 10.4 Å². The number of aromatic nitrogens is 2. The predicted octanol–water partition coefficient (Wildman–Crippen LogP) is 5.44. The topological polar surface area (TPSA) is 87.8 Å². The molecule has 0 spiro atoms. The van der Waals surface area contributed by atoms with Gasteiger partial charge >= 0.3 is 0 Å². The van der Waals surface area contributed by atoms with Gasteiger partial charge in [-0.15, -0.1) is 11.8 Å². The molecule has 6 nitrogen and oxygen atoms in total. The molecule has 2 heterocycles. The third-order valence-corrected chi connectivity index (χ3v) is 7.08. The smallest absolute Gasteiger partial charge is 0.245 e. The van der Waals surface area contributed by atoms with Crippen molar-refractivity contribution in [1.82, 2.24) is 15.1 Å². The standard InChI is InChI=1S/C27H19ClN4O2S/c28-18-9-6-10-19(13-18)32-25-20-11-4-5-12-23(20)35-16-22(25)24(31-32)26(33)21(14-29)27(34)30-15-17-7-2-1-3-8-17/h1-13,21H,15-16H2,(H,30,34). The Morgan fingerprint density at radius 2 is 1.86 bits per heavy atom. The van der Waals surface area contributed by atoms with E-state index in [-0.39, 0.29) is 12.2 Å². The Morgan fingerprint density at radius 1 is 1.09 bits per heavy atom. The lowest BCUT2D eigenvalue weighted by atomic mass is 9.97. The van der Waals surface area contributed by atoms with Crippen LogP contribution in [-0.4, -0.2) is 21.5 Å². The molecule has 0 saturated heterocycles. The molecule has 8 heteroatoms. The number of nitrogens with one attached hydrogen (secondary N) is 1. The van der Waals surface area contributed by atoms with E-state index in [9.17, 15) is 14.9 Å². The van der Waals surface area contributed by atoms with Crippen molar-refractivity contribution < 1.29 is 9.59 Å². The van der Waals surface area contributed by atoms with E-state index >= 15 is 0 Å². The quantitative estimate of drug-likeness (QED) is 0.282. The predicted molar refractivity (Wildman–Crippen MR) is 135 cm³/mol. The zero-order valence-corrected chi connectivity index (χ0v) is 20.0. The number of carbonyl (C=O) groups excluding carboxylic acids is 2. The van der Waals surface area contributed by atoms with Gasteiger partial charge in [0.1, 0.15) is 5.69 Å². The fourth-order valence-electron chi connectivity index (χ4n) is 4.05. The van der Waals surface area contributed by atoms with Crippen LogP contribution in [0.3, 0.4) is 0 Å². The molecule has 5 rings (SSSR count). The number of nitriles is 1. The van der Waals surface area contributed by atoms with Gasteiger partial charge in [-0.3, -0.25) is 9.59 Å². The van der Waals surface area contributed by atoms with E-state index in [4.69, 9.17) is 11.6 Å². The second kappa shape index (κ2) is 9.79. The summed E-state index contributed by atoms with van der Waals surface area (Å²) in [7, 11) is 0. The normalized spacial score (nSPS) is 12.7. The number of hydrogen-bond donors (Lipinski definition) is 1. The van der Waals surface area contributed by atoms with Crippen molar-refractivity contribution in [2.24, 2.45) is 5.92 Å². The summed E-state index contributed by atoms with van der Waals surface area (Å²) in [6.07, 6.45) is 0. The zero-order valence-electron chi connectivity index (χ0n) is 18.4. The molecule has 35 heavy (non-hydrogen) atoms. The van der Waals surface area contributed by atoms with Gasteiger partial charge in [0.15, 0.2) is 5.92 Å². The molecule has 0 saturated carbocycles. The number of ketones is 1. The molecular formula is C27H19ClN4O2S. The molecule has 0 radical (unpaired) electrons. The number of hydrogen-bond acceptors (Lipinski definition) is 5. The Bertz CT molecular complexity index is 1480. The molecule has 172 valence electrons. The van der Waals surface area contributed by atoms with Crippen LogP contribution in [0.2, 0.25) is 5.02 Å². The first kappa shape index (κ1) is 22.9. The fourth-order valence-corrected chi connectivity index (χ4v) is 5.31. The maximum atomic E-state index is 13.5. The molecule has 1 aliphatic rings. The van der Waals surface area contributed by atoms with Gasteiger partial charge in [0, 0.05) is 33.3 Å². The number of carbonyl (C=O) groups is 2. The largest absolute Gasteiger partial charge is 0.350 e. The van der Waals surface area contributed by atoms with E-state index in [0.29, 0.717) is 22.0 Å². The summed E-state index contributed by atoms with van der Waals surface area (Å²) in [5, 5.41) is 17.6. The van der Waals surface area contributed by atoms with Gasteiger partial charge in [0.05, 0.1) is 17.5 Å². The van der Waals surface area contributed by atoms with Crippen molar-refractivity contribution in [1.29, 1.82) is 5.26 Å². The summed E-state index contributed by atoms with van der Waals surface area (Å²) in [5.74, 6) is -2.27. The number of Topliss-reactive ketones (excluding diaryl/α,β-unsaturated/α-hetero) is 1. The summed E-state index contributed by atoms with van der Waals surface area (Å²) >= 11 is 7.83. The molecule has 1 N–H and O–H groups in total. The van der Waals surface area contributed by atoms with Crippen molar-refractivity contribution in [3.8, 4) is 23.0 Å². The van der Waals surface area contributed by atoms with Gasteiger partial charge in [-0.1, -0.05) is 66.2 Å². The molecule has 1 aromatic heterocycles. The van der Waals surface area contributed by atoms with Crippen LogP contribution in [0.1, 0.15) is 21.6 Å². The van der Waals surface area contributed by atoms with Crippen LogP contribution in [0.5, 0.6) is 0 Å². The average molecular weight is 499 g/mol. The maximum Gasteiger partial charge on any atom is 0.245 e. The molecule has 1 aliphatic heterocycles. The van der Waals surface area contributed by atoms with Crippen LogP contribution in [0.15, 0.2) is 83.8 Å². The lowest BCUT2D eigenvalue weighted by molar-refractivity contribution is -0.122. The number of thioether (sulfide) groups is 1. The third kappa shape index (κ3) is 4.46. The first-order chi connectivity index (χ1) is 17.1. The molecule has 0 bridgehead atoms. The minimum Gasteiger partial charge on any atom is -0.350 e. The monoisotopic (exact) mass is 498 g/mol. The van der Waals surface area contributed by atoms with Gasteiger partial charge in [0.25, 0.3) is 0 Å². The van der Waals surface area contributed by atoms with Crippen molar-refractivity contribution in [3.63, 3.8) is 0 Å². The highest BCUT2D eigenvalue weighted by molar-refractivity contribution is 7.98. The van der Waals surface area contributed by atoms with Crippen LogP contribution < -0.4 is 5.32 Å². The van der Waals surface area contributed by atoms with E-state index in [1.165, 1.54) is 0 Å². The zero-order chi connectivity index (χ0) is 24.4. The fraction of sp³-hybridized carbons (Fsp3) is 0.111. The van der Waals surface area contributed by atoms with E-state index in [0.717, 1.165) is 21.7 Å². The van der Waals surface area contributed by atoms with Crippen LogP contribution in [0.25, 0.3) is 16.9 Å². The van der Waals surface area contributed by atoms with Gasteiger partial charge in [-0.05, 0) is 29.8 Å². The molecule has 1 amide bonds. The van der Waals surface area contributed by atoms with Crippen LogP contribution in [0.4, 0.5) is 0 Å². The van der Waals surface area contributed by atoms with Crippen molar-refractivity contribution >= 4 is 35.1 Å². The number of nitrogens with zero attached hydrogens (tertiary/aromatic N) is 3. The maximum absolute atomic E-state index is 13.5. The average Bonchev–Trinajstić information content (AvgIpc) is 3.29. The lowest BCUT2D eigenvalue weighted by Gasteiger charge is -2.18. The highest BCUT2D eigenvalue weighted by Crippen LogP contribution is 2.44. The first-order valence-corrected chi connectivity index (χ1v) is 12.3. The van der Waals surface area contributed by atoms with E-state index in [1.54, 1.807) is 28.6 Å². The molecule has 3 aromatic carbocycles. The molecule has 1 atom stereocenters. The summed E-state index contributed by atoms with van der Waals surface area (Å²) in [4.78, 5) is 27.4. The third-order valence-electron chi connectivity index (χ3n) is 5.75. The summed E-state index contributed by atoms with van der Waals surface area (Å²) in [6, 6.07) is 26.3. The second-order valence-corrected chi connectivity index (χ2v) is 9.44. The Balaban J connectivity index is 1.54. The van der Waals surface area contributed by atoms with Gasteiger partial charge in [0.2, 0.25) is 11.7 Å². The summed E-state index contributed by atoms with van der Waals surface area (Å²) in [6.45, 7) is 0.226. The Labute approximate surface area is 211 Å². The Kier molecular flexibility index (Phi) is 6.41. The molecule has 0 aliphatic carbocycles. The SMILES string of the molecule is N#CC(C(=O)NCc1ccccc1)C(=O)c1nn(-c2cccc(Cl)c2)c2c1CSc1ccccc1-2. The first-order valence-electron chi connectivity index (χ1n) is 10.9. The summed E-state index contributed by atoms with van der Waals surface area (Å²) in [5.41, 5.74) is 4.11. The molecular weight excluding hydrogens is 480 g/mol. The van der Waals surface area contributed by atoms with Crippen molar-refractivity contribution in [2.75, 3.05) is 0 Å². The number of halogens is 1. The van der Waals surface area contributed by atoms with Crippen LogP contribution >= 0.6 is 23.4 Å². The minimum atomic E-state index is -1.51. The Hall–Kier alpha value is -3.86. The van der Waals surface area contributed by atoms with Crippen molar-refractivity contribution in [3.05, 3.63) is 101 Å². The Morgan fingerprint density at radius 3 is 2.63 bits per heavy atom. The van der Waals surface area contributed by atoms with E-state index in [1.807, 2.05) is 72.8 Å². The molecule has 4 aromatic rings. The van der Waals surface area contributed by atoms with Gasteiger partial charge in [-0.25, -0.2) is 4.68 Å². The minimum absolute atomic E-state index is 0.128. The van der Waals surface area contributed by atoms with E-state index < -0.39 is 17.6 Å². The number of rotatable bonds is 6. The molecule has 0 fully saturated rings. The number of benzene rings is 3. The lowest BCUT2D eigenvalue weighted by Crippen LogP contribution is -2.34. The van der Waals surface area contributed by atoms with Crippen LogP contribution in [0, 0.1) is 17.2 Å². The highest BCUT2D eigenvalue weighted by Gasteiger charge is 2.35. The van der Waals surface area contributed by atoms with Crippen LogP contribution in [-0.2, 0) is 17.1 Å².